The van der Waals surface area contributed by atoms with Gasteiger partial charge in [-0.15, -0.1) is 0 Å². The molecule has 0 saturated carbocycles. The van der Waals surface area contributed by atoms with Gasteiger partial charge in [-0.05, 0) is 40.5 Å². The molecule has 0 aliphatic rings. The van der Waals surface area contributed by atoms with E-state index in [1.165, 1.54) is 0 Å². The molecule has 0 fully saturated rings. The van der Waals surface area contributed by atoms with Gasteiger partial charge in [-0.25, -0.2) is 8.42 Å². The van der Waals surface area contributed by atoms with Crippen LogP contribution < -0.4 is 5.32 Å². The molecule has 6 heteroatoms. The van der Waals surface area contributed by atoms with Crippen LogP contribution in [0.3, 0.4) is 0 Å². The Morgan fingerprint density at radius 1 is 1.44 bits per heavy atom. The molecule has 0 bridgehead atoms. The number of rotatable bonds is 3. The zero-order chi connectivity index (χ0) is 12.3. The molecular formula is C10H12BrNO3S. The fraction of sp³-hybridized carbons (Fsp3) is 0.300. The molecule has 0 saturated heterocycles. The Labute approximate surface area is 103 Å². The summed E-state index contributed by atoms with van der Waals surface area (Å²) in [6, 6.07) is 5.45. The molecule has 1 amide bonds. The molecule has 0 aliphatic carbocycles. The third-order valence-corrected chi connectivity index (χ3v) is 3.27. The van der Waals surface area contributed by atoms with Gasteiger partial charge in [0, 0.05) is 10.7 Å². The van der Waals surface area contributed by atoms with Gasteiger partial charge in [0.1, 0.15) is 5.75 Å². The third kappa shape index (κ3) is 4.32. The van der Waals surface area contributed by atoms with Crippen molar-refractivity contribution in [2.24, 2.45) is 0 Å². The van der Waals surface area contributed by atoms with Crippen LogP contribution in [0.4, 0.5) is 5.69 Å². The van der Waals surface area contributed by atoms with Crippen molar-refractivity contribution in [3.05, 3.63) is 28.2 Å². The normalized spacial score (nSPS) is 11.2. The number of nitrogens with one attached hydrogen (secondary N) is 1. The number of halogens is 1. The molecule has 0 aromatic heterocycles. The monoisotopic (exact) mass is 305 g/mol. The molecule has 0 atom stereocenters. The molecule has 0 aliphatic heterocycles. The van der Waals surface area contributed by atoms with E-state index in [1.807, 2.05) is 13.0 Å². The minimum atomic E-state index is -3.29. The van der Waals surface area contributed by atoms with Gasteiger partial charge in [-0.1, -0.05) is 6.07 Å². The number of benzene rings is 1. The van der Waals surface area contributed by atoms with Gasteiger partial charge in [-0.3, -0.25) is 4.79 Å². The molecule has 1 rings (SSSR count). The minimum absolute atomic E-state index is 0.507. The second-order valence-electron chi connectivity index (χ2n) is 3.60. The van der Waals surface area contributed by atoms with Gasteiger partial charge >= 0.3 is 0 Å². The summed E-state index contributed by atoms with van der Waals surface area (Å²) in [5.74, 6) is -1.04. The van der Waals surface area contributed by atoms with Crippen molar-refractivity contribution in [2.75, 3.05) is 17.3 Å². The minimum Gasteiger partial charge on any atom is -0.324 e. The van der Waals surface area contributed by atoms with Crippen molar-refractivity contribution in [3.8, 4) is 0 Å². The van der Waals surface area contributed by atoms with E-state index in [0.717, 1.165) is 16.3 Å². The predicted octanol–water partition coefficient (Wildman–Crippen LogP) is 1.74. The fourth-order valence-corrected chi connectivity index (χ4v) is 2.05. The zero-order valence-electron chi connectivity index (χ0n) is 8.95. The molecule has 4 nitrogen and oxygen atoms in total. The summed E-state index contributed by atoms with van der Waals surface area (Å²) in [6.07, 6.45) is 1.03. The number of hydrogen-bond acceptors (Lipinski definition) is 3. The summed E-state index contributed by atoms with van der Waals surface area (Å²) < 4.78 is 22.5. The molecule has 0 heterocycles. The Kier molecular flexibility index (Phi) is 4.09. The van der Waals surface area contributed by atoms with Crippen LogP contribution in [0, 0.1) is 6.92 Å². The van der Waals surface area contributed by atoms with Crippen LogP contribution in [0.2, 0.25) is 0 Å². The van der Waals surface area contributed by atoms with Crippen molar-refractivity contribution >= 4 is 37.4 Å². The molecule has 1 aromatic rings. The molecule has 0 radical (unpaired) electrons. The standard InChI is InChI=1S/C10H12BrNO3S/c1-7-3-4-8(11)9(5-7)12-10(13)6-16(2,14)15/h3-5H,6H2,1-2H3,(H,12,13). The maximum Gasteiger partial charge on any atom is 0.239 e. The van der Waals surface area contributed by atoms with Crippen LogP contribution in [-0.2, 0) is 14.6 Å². The highest BCUT2D eigenvalue weighted by atomic mass is 79.9. The topological polar surface area (TPSA) is 63.2 Å². The van der Waals surface area contributed by atoms with Crippen molar-refractivity contribution in [1.82, 2.24) is 0 Å². The maximum atomic E-state index is 11.4. The lowest BCUT2D eigenvalue weighted by Gasteiger charge is -2.07. The van der Waals surface area contributed by atoms with Crippen LogP contribution in [0.25, 0.3) is 0 Å². The molecular weight excluding hydrogens is 294 g/mol. The van der Waals surface area contributed by atoms with E-state index >= 15 is 0 Å². The Morgan fingerprint density at radius 3 is 2.62 bits per heavy atom. The Hall–Kier alpha value is -0.880. The van der Waals surface area contributed by atoms with Crippen molar-refractivity contribution < 1.29 is 13.2 Å². The number of carbonyl (C=O) groups is 1. The highest BCUT2D eigenvalue weighted by molar-refractivity contribution is 9.10. The van der Waals surface area contributed by atoms with Gasteiger partial charge in [0.2, 0.25) is 5.91 Å². The fourth-order valence-electron chi connectivity index (χ4n) is 1.16. The van der Waals surface area contributed by atoms with Crippen LogP contribution in [0.15, 0.2) is 22.7 Å². The van der Waals surface area contributed by atoms with E-state index in [-0.39, 0.29) is 0 Å². The molecule has 16 heavy (non-hydrogen) atoms. The van der Waals surface area contributed by atoms with E-state index < -0.39 is 21.5 Å². The number of amides is 1. The average Bonchev–Trinajstić information content (AvgIpc) is 2.08. The lowest BCUT2D eigenvalue weighted by molar-refractivity contribution is -0.113. The largest absolute Gasteiger partial charge is 0.324 e. The first-order valence-electron chi connectivity index (χ1n) is 4.51. The van der Waals surface area contributed by atoms with E-state index in [4.69, 9.17) is 0 Å². The third-order valence-electron chi connectivity index (χ3n) is 1.79. The molecule has 88 valence electrons. The van der Waals surface area contributed by atoms with Gasteiger partial charge in [-0.2, -0.15) is 0 Å². The quantitative estimate of drug-likeness (QED) is 0.925. The SMILES string of the molecule is Cc1ccc(Br)c(NC(=O)CS(C)(=O)=O)c1. The van der Waals surface area contributed by atoms with Crippen LogP contribution >= 0.6 is 15.9 Å². The lowest BCUT2D eigenvalue weighted by Crippen LogP contribution is -2.22. The second-order valence-corrected chi connectivity index (χ2v) is 6.60. The lowest BCUT2D eigenvalue weighted by atomic mass is 10.2. The maximum absolute atomic E-state index is 11.4. The zero-order valence-corrected chi connectivity index (χ0v) is 11.4. The van der Waals surface area contributed by atoms with E-state index in [9.17, 15) is 13.2 Å². The summed E-state index contributed by atoms with van der Waals surface area (Å²) in [5, 5.41) is 2.54. The Balaban J connectivity index is 2.81. The van der Waals surface area contributed by atoms with Crippen LogP contribution in [0.1, 0.15) is 5.56 Å². The summed E-state index contributed by atoms with van der Waals surface area (Å²) in [6.45, 7) is 1.89. The average molecular weight is 306 g/mol. The number of sulfone groups is 1. The first-order valence-corrected chi connectivity index (χ1v) is 7.37. The summed E-state index contributed by atoms with van der Waals surface area (Å²) in [5.41, 5.74) is 1.56. The summed E-state index contributed by atoms with van der Waals surface area (Å²) in [4.78, 5) is 11.4. The molecule has 1 N–H and O–H groups in total. The predicted molar refractivity (Wildman–Crippen MR) is 67.2 cm³/mol. The van der Waals surface area contributed by atoms with E-state index in [1.54, 1.807) is 12.1 Å². The van der Waals surface area contributed by atoms with Gasteiger partial charge in [0.15, 0.2) is 9.84 Å². The van der Waals surface area contributed by atoms with Gasteiger partial charge < -0.3 is 5.32 Å². The number of carbonyl (C=O) groups excluding carboxylic acids is 1. The van der Waals surface area contributed by atoms with Crippen LogP contribution in [0.5, 0.6) is 0 Å². The summed E-state index contributed by atoms with van der Waals surface area (Å²) in [7, 11) is -3.29. The van der Waals surface area contributed by atoms with Crippen molar-refractivity contribution in [1.29, 1.82) is 0 Å². The van der Waals surface area contributed by atoms with E-state index in [0.29, 0.717) is 5.69 Å². The highest BCUT2D eigenvalue weighted by Crippen LogP contribution is 2.23. The Bertz CT molecular complexity index is 511. The first kappa shape index (κ1) is 13.2. The van der Waals surface area contributed by atoms with Gasteiger partial charge in [0.25, 0.3) is 0 Å². The molecule has 1 aromatic carbocycles. The number of hydrogen-bond donors (Lipinski definition) is 1. The van der Waals surface area contributed by atoms with Gasteiger partial charge in [0.05, 0.1) is 5.69 Å². The van der Waals surface area contributed by atoms with E-state index in [2.05, 4.69) is 21.2 Å². The Morgan fingerprint density at radius 2 is 2.06 bits per heavy atom. The van der Waals surface area contributed by atoms with Crippen LogP contribution in [-0.4, -0.2) is 26.3 Å². The van der Waals surface area contributed by atoms with Crippen molar-refractivity contribution in [2.45, 2.75) is 6.92 Å². The number of aryl methyl sites for hydroxylation is 1. The smallest absolute Gasteiger partial charge is 0.239 e. The molecule has 0 spiro atoms. The highest BCUT2D eigenvalue weighted by Gasteiger charge is 2.12. The first-order chi connectivity index (χ1) is 7.28. The second kappa shape index (κ2) is 4.97. The summed E-state index contributed by atoms with van der Waals surface area (Å²) >= 11 is 3.27. The van der Waals surface area contributed by atoms with Crippen molar-refractivity contribution in [3.63, 3.8) is 0 Å². The molecule has 0 unspecified atom stereocenters. The number of anilines is 1.